The van der Waals surface area contributed by atoms with Crippen molar-refractivity contribution in [2.24, 2.45) is 5.73 Å². The minimum atomic E-state index is -0.947. The summed E-state index contributed by atoms with van der Waals surface area (Å²) in [6.45, 7) is 4.18. The number of primary amides is 1. The van der Waals surface area contributed by atoms with Gasteiger partial charge in [0.05, 0.1) is 12.1 Å². The number of nitrogens with zero attached hydrogens (tertiary/aromatic N) is 1. The maximum atomic E-state index is 12.2. The lowest BCUT2D eigenvalue weighted by Gasteiger charge is -2.56. The maximum Gasteiger partial charge on any atom is 0.246 e. The van der Waals surface area contributed by atoms with Gasteiger partial charge in [-0.25, -0.2) is 0 Å². The maximum absolute atomic E-state index is 12.2. The minimum absolute atomic E-state index is 0.107. The van der Waals surface area contributed by atoms with Crippen LogP contribution >= 0.6 is 0 Å². The average Bonchev–Trinajstić information content (AvgIpc) is 2.74. The Morgan fingerprint density at radius 1 is 1.71 bits per heavy atom. The third-order valence-electron chi connectivity index (χ3n) is 3.98. The van der Waals surface area contributed by atoms with Crippen LogP contribution in [-0.2, 0) is 9.59 Å². The molecule has 0 aromatic rings. The lowest BCUT2D eigenvalue weighted by atomic mass is 9.76. The van der Waals surface area contributed by atoms with Crippen LogP contribution in [0.15, 0.2) is 0 Å². The number of amides is 2. The number of nitrogens with two attached hydrogens (primary N) is 1. The number of likely N-dealkylation sites (tertiary alicyclic amines) is 1. The van der Waals surface area contributed by atoms with Gasteiger partial charge in [0.2, 0.25) is 11.8 Å². The van der Waals surface area contributed by atoms with Gasteiger partial charge in [-0.2, -0.15) is 0 Å². The summed E-state index contributed by atoms with van der Waals surface area (Å²) in [4.78, 5) is 24.9. The van der Waals surface area contributed by atoms with Crippen molar-refractivity contribution in [3.63, 3.8) is 0 Å². The number of aliphatic hydroxyl groups is 1. The van der Waals surface area contributed by atoms with E-state index >= 15 is 0 Å². The molecular formula is C11H19N3O3. The summed E-state index contributed by atoms with van der Waals surface area (Å²) in [5.74, 6) is -0.778. The van der Waals surface area contributed by atoms with Crippen LogP contribution in [0.4, 0.5) is 0 Å². The number of carbonyl (C=O) groups is 2. The highest BCUT2D eigenvalue weighted by Gasteiger charge is 2.62. The first kappa shape index (κ1) is 12.3. The molecule has 0 aliphatic carbocycles. The molecule has 2 heterocycles. The monoisotopic (exact) mass is 241 g/mol. The average molecular weight is 241 g/mol. The second-order valence-electron chi connectivity index (χ2n) is 4.98. The molecule has 2 aliphatic heterocycles. The molecule has 6 heteroatoms. The molecule has 0 bridgehead atoms. The summed E-state index contributed by atoms with van der Waals surface area (Å²) >= 11 is 0. The van der Waals surface area contributed by atoms with Gasteiger partial charge in [0, 0.05) is 0 Å². The van der Waals surface area contributed by atoms with E-state index in [1.807, 2.05) is 6.92 Å². The molecule has 2 fully saturated rings. The van der Waals surface area contributed by atoms with Crippen molar-refractivity contribution in [3.05, 3.63) is 0 Å². The lowest BCUT2D eigenvalue weighted by molar-refractivity contribution is -0.172. The van der Waals surface area contributed by atoms with E-state index in [0.717, 1.165) is 19.4 Å². The molecule has 0 radical (unpaired) electrons. The predicted octanol–water partition coefficient (Wildman–Crippen LogP) is -1.43. The van der Waals surface area contributed by atoms with Crippen LogP contribution in [0.1, 0.15) is 26.7 Å². The number of rotatable bonds is 3. The van der Waals surface area contributed by atoms with Crippen LogP contribution in [0.3, 0.4) is 0 Å². The largest absolute Gasteiger partial charge is 0.391 e. The molecule has 2 unspecified atom stereocenters. The zero-order valence-corrected chi connectivity index (χ0v) is 10.1. The fourth-order valence-corrected chi connectivity index (χ4v) is 3.04. The molecule has 6 nitrogen and oxygen atoms in total. The number of nitrogens with one attached hydrogen (secondary N) is 1. The van der Waals surface area contributed by atoms with Crippen molar-refractivity contribution in [2.45, 2.75) is 50.4 Å². The van der Waals surface area contributed by atoms with Gasteiger partial charge in [0.15, 0.2) is 0 Å². The van der Waals surface area contributed by atoms with Gasteiger partial charge in [0.1, 0.15) is 11.6 Å². The van der Waals surface area contributed by atoms with Crippen LogP contribution in [0.2, 0.25) is 0 Å². The molecule has 2 aliphatic rings. The van der Waals surface area contributed by atoms with Gasteiger partial charge in [-0.3, -0.25) is 9.59 Å². The second kappa shape index (κ2) is 3.96. The number of carbonyl (C=O) groups excluding carboxylic acids is 2. The zero-order valence-electron chi connectivity index (χ0n) is 10.1. The standard InChI is InChI=1S/C11H19N3O3/c1-6(15)8(9(12)16)14-7(2)11(10(14)17)4-3-5-13-11/h6-8,13,15H,3-5H2,1-2H3,(H2,12,16)/t6-,7?,8+,11?/m1/s1. The van der Waals surface area contributed by atoms with Crippen LogP contribution < -0.4 is 11.1 Å². The molecule has 0 aromatic carbocycles. The van der Waals surface area contributed by atoms with Crippen molar-refractivity contribution in [1.29, 1.82) is 0 Å². The van der Waals surface area contributed by atoms with Gasteiger partial charge in [-0.05, 0) is 33.2 Å². The summed E-state index contributed by atoms with van der Waals surface area (Å²) in [5, 5.41) is 12.8. The van der Waals surface area contributed by atoms with Crippen molar-refractivity contribution < 1.29 is 14.7 Å². The Morgan fingerprint density at radius 2 is 2.35 bits per heavy atom. The molecule has 1 spiro atoms. The van der Waals surface area contributed by atoms with Gasteiger partial charge >= 0.3 is 0 Å². The summed E-state index contributed by atoms with van der Waals surface area (Å²) < 4.78 is 0. The predicted molar refractivity (Wildman–Crippen MR) is 60.9 cm³/mol. The van der Waals surface area contributed by atoms with Gasteiger partial charge < -0.3 is 21.1 Å². The highest BCUT2D eigenvalue weighted by Crippen LogP contribution is 2.39. The van der Waals surface area contributed by atoms with Gasteiger partial charge in [0.25, 0.3) is 0 Å². The number of hydrogen-bond acceptors (Lipinski definition) is 4. The molecular weight excluding hydrogens is 222 g/mol. The van der Waals surface area contributed by atoms with E-state index < -0.39 is 23.6 Å². The fourth-order valence-electron chi connectivity index (χ4n) is 3.04. The van der Waals surface area contributed by atoms with Crippen LogP contribution in [0, 0.1) is 0 Å². The Labute approximate surface area is 100 Å². The Balaban J connectivity index is 2.20. The molecule has 0 aromatic heterocycles. The first-order valence-electron chi connectivity index (χ1n) is 5.97. The second-order valence-corrected chi connectivity index (χ2v) is 4.98. The van der Waals surface area contributed by atoms with Gasteiger partial charge in [-0.15, -0.1) is 0 Å². The Hall–Kier alpha value is -1.14. The van der Waals surface area contributed by atoms with Crippen molar-refractivity contribution in [1.82, 2.24) is 10.2 Å². The van der Waals surface area contributed by atoms with E-state index in [-0.39, 0.29) is 11.9 Å². The molecule has 2 rings (SSSR count). The Kier molecular flexibility index (Phi) is 2.87. The van der Waals surface area contributed by atoms with Crippen LogP contribution in [-0.4, -0.2) is 52.1 Å². The summed E-state index contributed by atoms with van der Waals surface area (Å²) in [6.07, 6.45) is 0.798. The molecule has 17 heavy (non-hydrogen) atoms. The first-order chi connectivity index (χ1) is 7.92. The zero-order chi connectivity index (χ0) is 12.8. The van der Waals surface area contributed by atoms with E-state index in [9.17, 15) is 14.7 Å². The SMILES string of the molecule is CC1N([C@H](C(N)=O)[C@@H](C)O)C(=O)C12CCCN2. The summed E-state index contributed by atoms with van der Waals surface area (Å²) in [5.41, 5.74) is 4.72. The topological polar surface area (TPSA) is 95.7 Å². The highest BCUT2D eigenvalue weighted by atomic mass is 16.3. The Bertz CT molecular complexity index is 350. The van der Waals surface area contributed by atoms with Crippen LogP contribution in [0.25, 0.3) is 0 Å². The van der Waals surface area contributed by atoms with Crippen LogP contribution in [0.5, 0.6) is 0 Å². The fraction of sp³-hybridized carbons (Fsp3) is 0.818. The molecule has 0 saturated carbocycles. The highest BCUT2D eigenvalue weighted by molar-refractivity contribution is 5.98. The first-order valence-corrected chi connectivity index (χ1v) is 5.97. The smallest absolute Gasteiger partial charge is 0.246 e. The third kappa shape index (κ3) is 1.55. The number of β-lactam (4-membered cyclic amide) rings is 1. The van der Waals surface area contributed by atoms with Crippen molar-refractivity contribution >= 4 is 11.8 Å². The van der Waals surface area contributed by atoms with E-state index in [0.29, 0.717) is 0 Å². The van der Waals surface area contributed by atoms with E-state index in [1.54, 1.807) is 0 Å². The van der Waals surface area contributed by atoms with Crippen molar-refractivity contribution in [2.75, 3.05) is 6.54 Å². The number of hydrogen-bond donors (Lipinski definition) is 3. The molecule has 2 amide bonds. The minimum Gasteiger partial charge on any atom is -0.391 e. The van der Waals surface area contributed by atoms with E-state index in [4.69, 9.17) is 5.73 Å². The normalized spacial score (nSPS) is 35.8. The number of aliphatic hydroxyl groups excluding tert-OH is 1. The third-order valence-corrected chi connectivity index (χ3v) is 3.98. The quantitative estimate of drug-likeness (QED) is 0.528. The molecule has 4 N–H and O–H groups in total. The summed E-state index contributed by atoms with van der Waals surface area (Å²) in [6, 6.07) is -1.03. The lowest BCUT2D eigenvalue weighted by Crippen LogP contribution is -2.80. The molecule has 96 valence electrons. The summed E-state index contributed by atoms with van der Waals surface area (Å²) in [7, 11) is 0. The van der Waals surface area contributed by atoms with E-state index in [2.05, 4.69) is 5.32 Å². The molecule has 2 saturated heterocycles. The Morgan fingerprint density at radius 3 is 2.71 bits per heavy atom. The van der Waals surface area contributed by atoms with E-state index in [1.165, 1.54) is 11.8 Å². The van der Waals surface area contributed by atoms with Crippen molar-refractivity contribution in [3.8, 4) is 0 Å². The molecule has 4 atom stereocenters. The van der Waals surface area contributed by atoms with Gasteiger partial charge in [-0.1, -0.05) is 0 Å².